The van der Waals surface area contributed by atoms with E-state index in [1.807, 2.05) is 0 Å². The van der Waals surface area contributed by atoms with Crippen molar-refractivity contribution in [1.82, 2.24) is 24.7 Å². The molecule has 9 nitrogen and oxygen atoms in total. The Kier molecular flexibility index (Phi) is 3.10. The lowest BCUT2D eigenvalue weighted by Gasteiger charge is -2.06. The Balaban J connectivity index is 2.28. The van der Waals surface area contributed by atoms with Gasteiger partial charge in [-0.1, -0.05) is 0 Å². The van der Waals surface area contributed by atoms with Crippen molar-refractivity contribution in [2.75, 3.05) is 17.1 Å². The molecule has 10 heteroatoms. The van der Waals surface area contributed by atoms with Crippen molar-refractivity contribution in [1.29, 1.82) is 0 Å². The van der Waals surface area contributed by atoms with E-state index in [0.29, 0.717) is 5.95 Å². The Bertz CT molecular complexity index is 634. The Hall–Kier alpha value is -2.23. The zero-order valence-electron chi connectivity index (χ0n) is 9.69. The van der Waals surface area contributed by atoms with E-state index < -0.39 is 10.0 Å². The molecule has 2 aromatic heterocycles. The van der Waals surface area contributed by atoms with Gasteiger partial charge in [0.1, 0.15) is 11.2 Å². The van der Waals surface area contributed by atoms with Crippen LogP contribution in [0.5, 0.6) is 0 Å². The van der Waals surface area contributed by atoms with Crippen molar-refractivity contribution in [3.05, 3.63) is 18.7 Å². The van der Waals surface area contributed by atoms with E-state index in [4.69, 9.17) is 0 Å². The van der Waals surface area contributed by atoms with Crippen LogP contribution in [0, 0.1) is 0 Å². The van der Waals surface area contributed by atoms with Gasteiger partial charge in [-0.25, -0.2) is 27.8 Å². The maximum absolute atomic E-state index is 12.0. The van der Waals surface area contributed by atoms with E-state index in [-0.39, 0.29) is 10.8 Å². The standard InChI is InChI=1S/C8H11N7O2S/c1-9-7-10-3-6(4-11-7)18(16,17)14-8-12-5-13-15(8)2/h3-5H,1-2H3,(H,9,10,11)(H,12,13,14). The third-order valence-electron chi connectivity index (χ3n) is 2.10. The molecule has 96 valence electrons. The molecule has 0 spiro atoms. The zero-order chi connectivity index (χ0) is 13.2. The van der Waals surface area contributed by atoms with Crippen LogP contribution in [-0.2, 0) is 17.1 Å². The molecule has 2 rings (SSSR count). The highest BCUT2D eigenvalue weighted by atomic mass is 32.2. The number of hydrogen-bond acceptors (Lipinski definition) is 7. The highest BCUT2D eigenvalue weighted by Crippen LogP contribution is 2.12. The van der Waals surface area contributed by atoms with Crippen molar-refractivity contribution < 1.29 is 8.42 Å². The number of anilines is 2. The fourth-order valence-electron chi connectivity index (χ4n) is 1.15. The van der Waals surface area contributed by atoms with Gasteiger partial charge in [0.05, 0.1) is 12.4 Å². The van der Waals surface area contributed by atoms with Gasteiger partial charge in [0.2, 0.25) is 11.9 Å². The maximum atomic E-state index is 12.0. The number of nitrogens with zero attached hydrogens (tertiary/aromatic N) is 5. The van der Waals surface area contributed by atoms with Gasteiger partial charge in [0.15, 0.2) is 0 Å². The average molecular weight is 269 g/mol. The second-order valence-electron chi connectivity index (χ2n) is 3.31. The van der Waals surface area contributed by atoms with E-state index in [2.05, 4.69) is 30.1 Å². The molecule has 0 radical (unpaired) electrons. The fourth-order valence-corrected chi connectivity index (χ4v) is 2.08. The second-order valence-corrected chi connectivity index (χ2v) is 4.99. The van der Waals surface area contributed by atoms with Crippen molar-refractivity contribution >= 4 is 21.9 Å². The molecule has 0 atom stereocenters. The van der Waals surface area contributed by atoms with Gasteiger partial charge in [-0.2, -0.15) is 10.1 Å². The summed E-state index contributed by atoms with van der Waals surface area (Å²) in [5.41, 5.74) is 0. The number of rotatable bonds is 4. The lowest BCUT2D eigenvalue weighted by atomic mass is 10.7. The third kappa shape index (κ3) is 2.37. The predicted molar refractivity (Wildman–Crippen MR) is 63.4 cm³/mol. The minimum atomic E-state index is -3.76. The van der Waals surface area contributed by atoms with Gasteiger partial charge >= 0.3 is 0 Å². The average Bonchev–Trinajstić information content (AvgIpc) is 2.74. The first-order valence-electron chi connectivity index (χ1n) is 4.89. The van der Waals surface area contributed by atoms with Gasteiger partial charge in [-0.05, 0) is 0 Å². The summed E-state index contributed by atoms with van der Waals surface area (Å²) >= 11 is 0. The Morgan fingerprint density at radius 3 is 2.39 bits per heavy atom. The van der Waals surface area contributed by atoms with Crippen LogP contribution in [0.15, 0.2) is 23.6 Å². The van der Waals surface area contributed by atoms with Crippen LogP contribution >= 0.6 is 0 Å². The summed E-state index contributed by atoms with van der Waals surface area (Å²) in [6.45, 7) is 0. The number of aromatic nitrogens is 5. The quantitative estimate of drug-likeness (QED) is 0.765. The molecule has 0 bridgehead atoms. The Labute approximate surface area is 103 Å². The van der Waals surface area contributed by atoms with Crippen molar-refractivity contribution in [3.63, 3.8) is 0 Å². The largest absolute Gasteiger partial charge is 0.357 e. The number of sulfonamides is 1. The van der Waals surface area contributed by atoms with Crippen LogP contribution < -0.4 is 10.0 Å². The molecule has 0 fully saturated rings. The summed E-state index contributed by atoms with van der Waals surface area (Å²) in [5, 5.41) is 6.46. The molecule has 2 N–H and O–H groups in total. The molecule has 18 heavy (non-hydrogen) atoms. The van der Waals surface area contributed by atoms with Crippen LogP contribution in [0.25, 0.3) is 0 Å². The summed E-state index contributed by atoms with van der Waals surface area (Å²) < 4.78 is 27.5. The molecule has 0 aliphatic rings. The number of aryl methyl sites for hydroxylation is 1. The normalized spacial score (nSPS) is 11.2. The smallest absolute Gasteiger partial charge is 0.267 e. The number of nitrogens with one attached hydrogen (secondary N) is 2. The molecule has 0 unspecified atom stereocenters. The molecule has 0 aliphatic heterocycles. The Morgan fingerprint density at radius 1 is 1.22 bits per heavy atom. The Morgan fingerprint density at radius 2 is 1.89 bits per heavy atom. The molecule has 0 amide bonds. The first kappa shape index (κ1) is 12.2. The fraction of sp³-hybridized carbons (Fsp3) is 0.250. The van der Waals surface area contributed by atoms with Gasteiger partial charge in [0, 0.05) is 14.1 Å². The monoisotopic (exact) mass is 269 g/mol. The molecule has 0 aromatic carbocycles. The van der Waals surface area contributed by atoms with E-state index in [0.717, 1.165) is 0 Å². The molecule has 0 aliphatic carbocycles. The number of hydrogen-bond donors (Lipinski definition) is 2. The minimum Gasteiger partial charge on any atom is -0.357 e. The van der Waals surface area contributed by atoms with Crippen LogP contribution in [0.3, 0.4) is 0 Å². The summed E-state index contributed by atoms with van der Waals surface area (Å²) in [6.07, 6.45) is 3.66. The molecule has 0 saturated carbocycles. The maximum Gasteiger partial charge on any atom is 0.267 e. The van der Waals surface area contributed by atoms with E-state index in [1.54, 1.807) is 14.1 Å². The lowest BCUT2D eigenvalue weighted by Crippen LogP contribution is -2.16. The molecular formula is C8H11N7O2S. The highest BCUT2D eigenvalue weighted by molar-refractivity contribution is 7.92. The summed E-state index contributed by atoms with van der Waals surface area (Å²) in [4.78, 5) is 11.4. The van der Waals surface area contributed by atoms with Crippen molar-refractivity contribution in [2.24, 2.45) is 7.05 Å². The molecule has 2 heterocycles. The van der Waals surface area contributed by atoms with Crippen LogP contribution in [0.2, 0.25) is 0 Å². The molecule has 2 aromatic rings. The SMILES string of the molecule is CNc1ncc(S(=O)(=O)Nc2ncnn2C)cn1. The minimum absolute atomic E-state index is 0.0514. The first-order chi connectivity index (χ1) is 8.53. The van der Waals surface area contributed by atoms with Crippen LogP contribution in [0.4, 0.5) is 11.9 Å². The van der Waals surface area contributed by atoms with Gasteiger partial charge in [-0.15, -0.1) is 0 Å². The summed E-state index contributed by atoms with van der Waals surface area (Å²) in [5.74, 6) is 0.459. The second kappa shape index (κ2) is 4.56. The van der Waals surface area contributed by atoms with Crippen LogP contribution in [-0.4, -0.2) is 40.2 Å². The molecular weight excluding hydrogens is 258 g/mol. The molecule has 0 saturated heterocycles. The summed E-state index contributed by atoms with van der Waals surface area (Å²) in [6, 6.07) is 0. The van der Waals surface area contributed by atoms with Gasteiger partial charge in [-0.3, -0.25) is 0 Å². The van der Waals surface area contributed by atoms with E-state index in [1.165, 1.54) is 23.4 Å². The third-order valence-corrected chi connectivity index (χ3v) is 3.38. The van der Waals surface area contributed by atoms with Crippen LogP contribution in [0.1, 0.15) is 0 Å². The van der Waals surface area contributed by atoms with E-state index in [9.17, 15) is 8.42 Å². The van der Waals surface area contributed by atoms with Gasteiger partial charge in [0.25, 0.3) is 10.0 Å². The first-order valence-corrected chi connectivity index (χ1v) is 6.38. The van der Waals surface area contributed by atoms with Gasteiger partial charge < -0.3 is 5.32 Å². The lowest BCUT2D eigenvalue weighted by molar-refractivity contribution is 0.599. The highest BCUT2D eigenvalue weighted by Gasteiger charge is 2.17. The topological polar surface area (TPSA) is 115 Å². The predicted octanol–water partition coefficient (Wildman–Crippen LogP) is -0.552. The zero-order valence-corrected chi connectivity index (χ0v) is 10.5. The summed E-state index contributed by atoms with van der Waals surface area (Å²) in [7, 11) is -0.542. The van der Waals surface area contributed by atoms with Crippen molar-refractivity contribution in [2.45, 2.75) is 4.90 Å². The van der Waals surface area contributed by atoms with E-state index >= 15 is 0 Å². The van der Waals surface area contributed by atoms with Crippen molar-refractivity contribution in [3.8, 4) is 0 Å².